The van der Waals surface area contributed by atoms with Crippen molar-refractivity contribution >= 4 is 11.9 Å². The average molecular weight is 1160 g/mol. The van der Waals surface area contributed by atoms with Gasteiger partial charge in [0.1, 0.15) is 91.6 Å². The molecule has 4 saturated carbocycles. The smallest absolute Gasteiger partial charge is 0.338 e. The predicted molar refractivity (Wildman–Crippen MR) is 274 cm³/mol. The summed E-state index contributed by atoms with van der Waals surface area (Å²) < 4.78 is 53.6. The van der Waals surface area contributed by atoms with Gasteiger partial charge in [-0.1, -0.05) is 60.1 Å². The Balaban J connectivity index is 1.03. The van der Waals surface area contributed by atoms with Crippen molar-refractivity contribution in [2.45, 2.75) is 255 Å². The maximum atomic E-state index is 15.0. The molecule has 0 spiro atoms. The number of fused-ring (bicyclic) bond motifs is 7. The normalized spacial score (nSPS) is 53.1. The summed E-state index contributed by atoms with van der Waals surface area (Å²) in [5.74, 6) is -2.24. The summed E-state index contributed by atoms with van der Waals surface area (Å²) in [5.41, 5.74) is -2.18. The van der Waals surface area contributed by atoms with Gasteiger partial charge in [0, 0.05) is 17.8 Å². The minimum atomic E-state index is -2.26. The number of ether oxygens (including phenoxy) is 9. The van der Waals surface area contributed by atoms with Crippen LogP contribution in [0, 0.1) is 50.2 Å². The third-order valence-electron chi connectivity index (χ3n) is 21.6. The maximum Gasteiger partial charge on any atom is 0.338 e. The number of rotatable bonds is 12. The molecule has 9 rings (SSSR count). The fourth-order valence-electron chi connectivity index (χ4n) is 16.9. The molecule has 0 aromatic carbocycles. The summed E-state index contributed by atoms with van der Waals surface area (Å²) >= 11 is 0. The van der Waals surface area contributed by atoms with Crippen molar-refractivity contribution in [3.8, 4) is 0 Å². The molecule has 3 unspecified atom stereocenters. The molecule has 81 heavy (non-hydrogen) atoms. The molecule has 9 aliphatic rings. The zero-order valence-corrected chi connectivity index (χ0v) is 47.6. The van der Waals surface area contributed by atoms with Crippen molar-refractivity contribution in [3.05, 3.63) is 11.6 Å². The standard InChI is InChI=1S/C56H90O25/c1-22-32(62)35(65)38(68)47(74-22)78-42-41(71)43(79-50(81-49-40(70)37(67)34(64)28(20-58)76-49)44(42)80-48-39(69)36(66)33(63)27(19-57)75-48)46(72)77-31-12-13-53(7)29-11-10-24-25-16-51(3,4)14-15-56(25,21-73-23(2)59)30(61)18-54(24,8)55(29,9)17-26(60)45(53)52(31,5)6/h10,22,25-45,47-50,57-58,60-71H,11-21H2,1-9H3/t22-,25+,26-,27+,28+,29?,30-,31?,32-,33+,34-,35+,36-,37-,38+,39+,40+,41-,42-,43-,44+,45?,47-,48+,49+,50+,53+,54+,55+,56+/m0/s1. The molecule has 8 fully saturated rings. The van der Waals surface area contributed by atoms with E-state index in [0.29, 0.717) is 32.1 Å². The molecular weight excluding hydrogens is 1070 g/mol. The van der Waals surface area contributed by atoms with Crippen molar-refractivity contribution in [1.82, 2.24) is 0 Å². The highest BCUT2D eigenvalue weighted by atomic mass is 16.8. The number of aliphatic hydroxyl groups is 14. The van der Waals surface area contributed by atoms with E-state index in [0.717, 1.165) is 12.8 Å². The number of carbonyl (C=O) groups is 2. The average Bonchev–Trinajstić information content (AvgIpc) is 3.42. The maximum absolute atomic E-state index is 15.0. The van der Waals surface area contributed by atoms with E-state index in [4.69, 9.17) is 42.6 Å². The molecule has 14 N–H and O–H groups in total. The number of esters is 2. The van der Waals surface area contributed by atoms with Crippen LogP contribution < -0.4 is 0 Å². The first kappa shape index (κ1) is 63.3. The second-order valence-corrected chi connectivity index (χ2v) is 27.2. The predicted octanol–water partition coefficient (Wildman–Crippen LogP) is -2.50. The van der Waals surface area contributed by atoms with Crippen LogP contribution in [-0.2, 0) is 52.2 Å². The molecule has 0 bridgehead atoms. The second kappa shape index (κ2) is 22.8. The van der Waals surface area contributed by atoms with E-state index in [1.165, 1.54) is 19.4 Å². The number of allylic oxidation sites excluding steroid dienone is 2. The molecule has 0 radical (unpaired) electrons. The second-order valence-electron chi connectivity index (χ2n) is 27.2. The minimum Gasteiger partial charge on any atom is -0.465 e. The number of carbonyl (C=O) groups excluding carboxylic acids is 2. The van der Waals surface area contributed by atoms with E-state index in [1.54, 1.807) is 0 Å². The zero-order chi connectivity index (χ0) is 59.6. The molecular formula is C56H90O25. The van der Waals surface area contributed by atoms with E-state index in [1.807, 2.05) is 13.8 Å². The number of aliphatic hydroxyl groups excluding tert-OH is 14. The van der Waals surface area contributed by atoms with Gasteiger partial charge in [0.15, 0.2) is 31.3 Å². The third kappa shape index (κ3) is 10.6. The molecule has 0 aromatic heterocycles. The molecule has 4 heterocycles. The van der Waals surface area contributed by atoms with Crippen LogP contribution in [0.25, 0.3) is 0 Å². The fourth-order valence-corrected chi connectivity index (χ4v) is 16.9. The van der Waals surface area contributed by atoms with Crippen molar-refractivity contribution in [2.24, 2.45) is 50.2 Å². The minimum absolute atomic E-state index is 0.0325. The highest BCUT2D eigenvalue weighted by Crippen LogP contribution is 2.76. The van der Waals surface area contributed by atoms with Crippen molar-refractivity contribution in [2.75, 3.05) is 19.8 Å². The van der Waals surface area contributed by atoms with Crippen LogP contribution in [-0.4, -0.2) is 244 Å². The Labute approximate surface area is 471 Å². The van der Waals surface area contributed by atoms with Crippen LogP contribution in [0.4, 0.5) is 0 Å². The van der Waals surface area contributed by atoms with Gasteiger partial charge < -0.3 is 114 Å². The first-order chi connectivity index (χ1) is 37.7. The highest BCUT2D eigenvalue weighted by Gasteiger charge is 2.72. The Hall–Kier alpha value is -2.16. The lowest BCUT2D eigenvalue weighted by Gasteiger charge is -2.72. The molecule has 25 nitrogen and oxygen atoms in total. The van der Waals surface area contributed by atoms with Crippen molar-refractivity contribution < 1.29 is 124 Å². The fraction of sp³-hybridized carbons (Fsp3) is 0.929. The lowest BCUT2D eigenvalue weighted by molar-refractivity contribution is -0.412. The van der Waals surface area contributed by atoms with Crippen LogP contribution in [0.2, 0.25) is 0 Å². The van der Waals surface area contributed by atoms with Gasteiger partial charge in [-0.2, -0.15) is 0 Å². The Morgan fingerprint density at radius 3 is 1.75 bits per heavy atom. The summed E-state index contributed by atoms with van der Waals surface area (Å²) in [4.78, 5) is 27.3. The topological polar surface area (TPSA) is 400 Å². The van der Waals surface area contributed by atoms with Gasteiger partial charge in [0.2, 0.25) is 0 Å². The lowest BCUT2D eigenvalue weighted by atomic mass is 9.33. The zero-order valence-electron chi connectivity index (χ0n) is 47.6. The van der Waals surface area contributed by atoms with Crippen LogP contribution in [0.15, 0.2) is 11.6 Å². The Bertz CT molecular complexity index is 2280. The summed E-state index contributed by atoms with van der Waals surface area (Å²) in [5, 5.41) is 156. The van der Waals surface area contributed by atoms with Gasteiger partial charge in [-0.15, -0.1) is 0 Å². The third-order valence-corrected chi connectivity index (χ3v) is 21.6. The van der Waals surface area contributed by atoms with Crippen molar-refractivity contribution in [1.29, 1.82) is 0 Å². The molecule has 4 aliphatic heterocycles. The van der Waals surface area contributed by atoms with Gasteiger partial charge in [0.05, 0.1) is 38.1 Å². The lowest BCUT2D eigenvalue weighted by Crippen LogP contribution is -2.70. The number of hydrogen-bond donors (Lipinski definition) is 14. The van der Waals surface area contributed by atoms with Gasteiger partial charge in [-0.3, -0.25) is 4.79 Å². The molecule has 464 valence electrons. The molecule has 0 amide bonds. The van der Waals surface area contributed by atoms with Gasteiger partial charge in [-0.25, -0.2) is 4.79 Å². The Kier molecular flexibility index (Phi) is 17.9. The van der Waals surface area contributed by atoms with E-state index >= 15 is 4.79 Å². The molecule has 5 aliphatic carbocycles. The van der Waals surface area contributed by atoms with Gasteiger partial charge in [-0.05, 0) is 97.7 Å². The first-order valence-electron chi connectivity index (χ1n) is 28.7. The molecule has 25 heteroatoms. The number of hydrogen-bond acceptors (Lipinski definition) is 25. The van der Waals surface area contributed by atoms with Crippen molar-refractivity contribution in [3.63, 3.8) is 0 Å². The quantitative estimate of drug-likeness (QED) is 0.0710. The van der Waals surface area contributed by atoms with E-state index in [2.05, 4.69) is 40.7 Å². The van der Waals surface area contributed by atoms with E-state index in [9.17, 15) is 76.3 Å². The van der Waals surface area contributed by atoms with E-state index < -0.39 is 199 Å². The van der Waals surface area contributed by atoms with Crippen LogP contribution in [0.1, 0.15) is 114 Å². The largest absolute Gasteiger partial charge is 0.465 e. The van der Waals surface area contributed by atoms with Gasteiger partial charge >= 0.3 is 11.9 Å². The summed E-state index contributed by atoms with van der Waals surface area (Å²) in [6, 6.07) is 0. The van der Waals surface area contributed by atoms with Crippen LogP contribution >= 0.6 is 0 Å². The van der Waals surface area contributed by atoms with Crippen LogP contribution in [0.5, 0.6) is 0 Å². The Morgan fingerprint density at radius 2 is 1.17 bits per heavy atom. The summed E-state index contributed by atoms with van der Waals surface area (Å²) in [7, 11) is 0. The SMILES string of the molecule is CC(=O)OC[C@]12CCC(C)(C)C[C@@H]1C1=CCC3[C@@]4(C)CCC(OC(=O)[C@H]5O[C@H](O[C@H]6O[C@H](CO)[C@H](O)[C@H](O)[C@H]6O)[C@H](O[C@H]6O[C@H](CO)[C@@H](O)[C@H](O)[C@H]6O)[C@@H](O[C@@H]6O[C@@H](C)[C@H](O)[C@@H](O)[C@H]6O)[C@@H]5O)C(C)(C)C4[C@@H](O)C[C@@]3(C)[C@]1(C)C[C@@H]2O. The summed E-state index contributed by atoms with van der Waals surface area (Å²) in [6.45, 7) is 15.9. The first-order valence-corrected chi connectivity index (χ1v) is 28.7. The monoisotopic (exact) mass is 1160 g/mol. The summed E-state index contributed by atoms with van der Waals surface area (Å²) in [6.07, 6.45) is -34.8. The molecule has 30 atom stereocenters. The highest BCUT2D eigenvalue weighted by molar-refractivity contribution is 5.76. The Morgan fingerprint density at radius 1 is 0.617 bits per heavy atom. The van der Waals surface area contributed by atoms with Crippen LogP contribution in [0.3, 0.4) is 0 Å². The molecule has 0 aromatic rings. The van der Waals surface area contributed by atoms with Gasteiger partial charge in [0.25, 0.3) is 0 Å². The molecule has 4 saturated heterocycles. The van der Waals surface area contributed by atoms with E-state index in [-0.39, 0.29) is 30.3 Å².